The van der Waals surface area contributed by atoms with Crippen LogP contribution in [0.15, 0.2) is 33.6 Å². The van der Waals surface area contributed by atoms with Crippen LogP contribution in [0.2, 0.25) is 0 Å². The summed E-state index contributed by atoms with van der Waals surface area (Å²) in [4.78, 5) is 2.54. The van der Waals surface area contributed by atoms with Gasteiger partial charge in [0.25, 0.3) is 0 Å². The van der Waals surface area contributed by atoms with Gasteiger partial charge in [-0.1, -0.05) is 36.9 Å². The largest absolute Gasteiger partial charge is 0.0953 e. The zero-order valence-electron chi connectivity index (χ0n) is 9.40. The Kier molecular flexibility index (Phi) is 5.89. The summed E-state index contributed by atoms with van der Waals surface area (Å²) >= 11 is 1.78. The van der Waals surface area contributed by atoms with E-state index in [-0.39, 0.29) is 0 Å². The maximum Gasteiger partial charge on any atom is 0.0133 e. The lowest BCUT2D eigenvalue weighted by atomic mass is 10.1. The van der Waals surface area contributed by atoms with Gasteiger partial charge in [0.15, 0.2) is 0 Å². The first kappa shape index (κ1) is 12.6. The Bertz CT molecular complexity index is 240. The van der Waals surface area contributed by atoms with E-state index in [1.54, 1.807) is 11.8 Å². The zero-order valence-corrected chi connectivity index (χ0v) is 10.2. The van der Waals surface area contributed by atoms with Crippen molar-refractivity contribution in [3.63, 3.8) is 0 Å². The minimum Gasteiger partial charge on any atom is -0.0953 e. The maximum absolute atomic E-state index is 3.93. The smallest absolute Gasteiger partial charge is 0.0133 e. The van der Waals surface area contributed by atoms with E-state index in [4.69, 9.17) is 0 Å². The highest BCUT2D eigenvalue weighted by Gasteiger charge is 2.05. The molecule has 0 aromatic carbocycles. The molecule has 0 radical (unpaired) electrons. The SMILES string of the molecule is C=C(C)SC(C(=CC)CC)=C(C)C. The summed E-state index contributed by atoms with van der Waals surface area (Å²) in [6.07, 6.45) is 3.29. The van der Waals surface area contributed by atoms with E-state index in [0.717, 1.165) is 11.3 Å². The van der Waals surface area contributed by atoms with Gasteiger partial charge in [-0.05, 0) is 44.6 Å². The van der Waals surface area contributed by atoms with Crippen LogP contribution in [-0.4, -0.2) is 0 Å². The van der Waals surface area contributed by atoms with Crippen LogP contribution in [0.1, 0.15) is 41.0 Å². The lowest BCUT2D eigenvalue weighted by molar-refractivity contribution is 1.12. The molecule has 0 aliphatic carbocycles. The summed E-state index contributed by atoms with van der Waals surface area (Å²) in [7, 11) is 0. The van der Waals surface area contributed by atoms with Gasteiger partial charge in [0.05, 0.1) is 0 Å². The molecule has 0 spiro atoms. The Morgan fingerprint density at radius 2 is 1.85 bits per heavy atom. The monoisotopic (exact) mass is 196 g/mol. The van der Waals surface area contributed by atoms with E-state index in [1.807, 2.05) is 0 Å². The molecular weight excluding hydrogens is 176 g/mol. The highest BCUT2D eigenvalue weighted by atomic mass is 32.2. The molecule has 0 saturated heterocycles. The Morgan fingerprint density at radius 1 is 1.31 bits per heavy atom. The molecule has 0 rings (SSSR count). The summed E-state index contributed by atoms with van der Waals surface area (Å²) < 4.78 is 0. The molecule has 0 N–H and O–H groups in total. The zero-order chi connectivity index (χ0) is 10.4. The summed E-state index contributed by atoms with van der Waals surface area (Å²) in [5.74, 6) is 0. The Morgan fingerprint density at radius 3 is 2.08 bits per heavy atom. The van der Waals surface area contributed by atoms with Crippen molar-refractivity contribution in [2.75, 3.05) is 0 Å². The molecular formula is C12H20S. The quantitative estimate of drug-likeness (QED) is 0.576. The molecule has 0 amide bonds. The molecule has 0 aromatic rings. The first-order chi connectivity index (χ1) is 6.02. The molecule has 0 heterocycles. The van der Waals surface area contributed by atoms with Crippen molar-refractivity contribution in [1.82, 2.24) is 0 Å². The average Bonchev–Trinajstić information content (AvgIpc) is 2.04. The normalized spacial score (nSPS) is 11.3. The fraction of sp³-hybridized carbons (Fsp3) is 0.500. The van der Waals surface area contributed by atoms with Crippen molar-refractivity contribution in [3.05, 3.63) is 33.6 Å². The van der Waals surface area contributed by atoms with Gasteiger partial charge in [-0.2, -0.15) is 0 Å². The number of allylic oxidation sites excluding steroid dienone is 4. The van der Waals surface area contributed by atoms with Crippen molar-refractivity contribution in [3.8, 4) is 0 Å². The average molecular weight is 196 g/mol. The van der Waals surface area contributed by atoms with Crippen molar-refractivity contribution < 1.29 is 0 Å². The first-order valence-corrected chi connectivity index (χ1v) is 5.50. The second-order valence-corrected chi connectivity index (χ2v) is 4.61. The van der Waals surface area contributed by atoms with Crippen LogP contribution in [0, 0.1) is 0 Å². The molecule has 0 fully saturated rings. The molecule has 13 heavy (non-hydrogen) atoms. The van der Waals surface area contributed by atoms with E-state index < -0.39 is 0 Å². The summed E-state index contributed by atoms with van der Waals surface area (Å²) in [5.41, 5.74) is 2.80. The molecule has 0 aliphatic heterocycles. The molecule has 0 atom stereocenters. The van der Waals surface area contributed by atoms with Crippen LogP contribution < -0.4 is 0 Å². The third-order valence-corrected chi connectivity index (χ3v) is 2.97. The summed E-state index contributed by atoms with van der Waals surface area (Å²) in [6.45, 7) is 14.6. The van der Waals surface area contributed by atoms with Crippen LogP contribution in [0.25, 0.3) is 0 Å². The standard InChI is InChI=1S/C12H20S/c1-7-11(8-2)12(9(3)4)13-10(5)6/h7H,5,8H2,1-4,6H3. The van der Waals surface area contributed by atoms with Crippen molar-refractivity contribution in [2.45, 2.75) is 41.0 Å². The highest BCUT2D eigenvalue weighted by molar-refractivity contribution is 8.06. The van der Waals surface area contributed by atoms with Gasteiger partial charge in [-0.25, -0.2) is 0 Å². The van der Waals surface area contributed by atoms with Gasteiger partial charge in [-0.3, -0.25) is 0 Å². The van der Waals surface area contributed by atoms with E-state index in [9.17, 15) is 0 Å². The third-order valence-electron chi connectivity index (χ3n) is 1.75. The lowest BCUT2D eigenvalue weighted by Crippen LogP contribution is -1.87. The second kappa shape index (κ2) is 6.09. The number of hydrogen-bond acceptors (Lipinski definition) is 1. The molecule has 0 aromatic heterocycles. The minimum atomic E-state index is 1.09. The minimum absolute atomic E-state index is 1.09. The Labute approximate surface area is 86.8 Å². The van der Waals surface area contributed by atoms with Gasteiger partial charge in [0.2, 0.25) is 0 Å². The van der Waals surface area contributed by atoms with E-state index in [0.29, 0.717) is 0 Å². The Balaban J connectivity index is 4.84. The van der Waals surface area contributed by atoms with E-state index in [1.165, 1.54) is 16.1 Å². The van der Waals surface area contributed by atoms with Crippen LogP contribution in [0.5, 0.6) is 0 Å². The highest BCUT2D eigenvalue weighted by Crippen LogP contribution is 2.33. The number of thioether (sulfide) groups is 1. The van der Waals surface area contributed by atoms with Crippen molar-refractivity contribution in [1.29, 1.82) is 0 Å². The van der Waals surface area contributed by atoms with Gasteiger partial charge < -0.3 is 0 Å². The fourth-order valence-corrected chi connectivity index (χ4v) is 2.10. The van der Waals surface area contributed by atoms with E-state index in [2.05, 4.69) is 47.3 Å². The number of hydrogen-bond donors (Lipinski definition) is 0. The van der Waals surface area contributed by atoms with Crippen LogP contribution >= 0.6 is 11.8 Å². The summed E-state index contributed by atoms with van der Waals surface area (Å²) in [5, 5.41) is 0. The third kappa shape index (κ3) is 4.37. The molecule has 0 aliphatic rings. The second-order valence-electron chi connectivity index (χ2n) is 3.30. The molecule has 0 nitrogen and oxygen atoms in total. The Hall–Kier alpha value is -0.430. The van der Waals surface area contributed by atoms with E-state index >= 15 is 0 Å². The molecule has 0 unspecified atom stereocenters. The fourth-order valence-electron chi connectivity index (χ4n) is 1.16. The van der Waals surface area contributed by atoms with Gasteiger partial charge >= 0.3 is 0 Å². The maximum atomic E-state index is 3.93. The summed E-state index contributed by atoms with van der Waals surface area (Å²) in [6, 6.07) is 0. The van der Waals surface area contributed by atoms with Crippen molar-refractivity contribution in [2.24, 2.45) is 0 Å². The molecule has 74 valence electrons. The van der Waals surface area contributed by atoms with Crippen LogP contribution in [0.3, 0.4) is 0 Å². The molecule has 1 heteroatoms. The predicted molar refractivity (Wildman–Crippen MR) is 64.8 cm³/mol. The topological polar surface area (TPSA) is 0 Å². The van der Waals surface area contributed by atoms with Gasteiger partial charge in [-0.15, -0.1) is 0 Å². The first-order valence-electron chi connectivity index (χ1n) is 4.69. The van der Waals surface area contributed by atoms with Crippen LogP contribution in [0.4, 0.5) is 0 Å². The van der Waals surface area contributed by atoms with Crippen LogP contribution in [-0.2, 0) is 0 Å². The number of rotatable bonds is 4. The van der Waals surface area contributed by atoms with Gasteiger partial charge in [0, 0.05) is 4.91 Å². The molecule has 0 bridgehead atoms. The van der Waals surface area contributed by atoms with Crippen molar-refractivity contribution >= 4 is 11.8 Å². The predicted octanol–water partition coefficient (Wildman–Crippen LogP) is 4.90. The lowest BCUT2D eigenvalue weighted by Gasteiger charge is -2.11. The van der Waals surface area contributed by atoms with Gasteiger partial charge in [0.1, 0.15) is 0 Å². The molecule has 0 saturated carbocycles.